The van der Waals surface area contributed by atoms with Crippen LogP contribution in [0.4, 0.5) is 4.79 Å². The maximum Gasteiger partial charge on any atom is 0.410 e. The van der Waals surface area contributed by atoms with E-state index in [2.05, 4.69) is 4.99 Å². The van der Waals surface area contributed by atoms with Crippen LogP contribution in [0.25, 0.3) is 0 Å². The number of benzene rings is 3. The van der Waals surface area contributed by atoms with E-state index in [0.29, 0.717) is 30.2 Å². The van der Waals surface area contributed by atoms with E-state index >= 15 is 0 Å². The van der Waals surface area contributed by atoms with Crippen LogP contribution in [0.3, 0.4) is 0 Å². The molecule has 0 aromatic heterocycles. The van der Waals surface area contributed by atoms with Gasteiger partial charge in [0.1, 0.15) is 30.5 Å². The zero-order valence-corrected chi connectivity index (χ0v) is 24.0. The molecule has 1 amide bonds. The van der Waals surface area contributed by atoms with Crippen molar-refractivity contribution < 1.29 is 33.3 Å². The number of methoxy groups -OCH3 is 3. The quantitative estimate of drug-likeness (QED) is 0.256. The van der Waals surface area contributed by atoms with Gasteiger partial charge in [0, 0.05) is 24.4 Å². The average molecular weight is 577 g/mol. The molecule has 0 aliphatic carbocycles. The molecular weight excluding hydrogens is 544 g/mol. The van der Waals surface area contributed by atoms with Crippen molar-refractivity contribution >= 4 is 29.4 Å². The summed E-state index contributed by atoms with van der Waals surface area (Å²) in [4.78, 5) is 32.0. The van der Waals surface area contributed by atoms with Gasteiger partial charge >= 0.3 is 12.1 Å². The summed E-state index contributed by atoms with van der Waals surface area (Å²) >= 11 is 1.42. The largest absolute Gasteiger partial charge is 0.497 e. The van der Waals surface area contributed by atoms with Crippen LogP contribution in [0.5, 0.6) is 17.2 Å². The molecule has 1 heterocycles. The Morgan fingerprint density at radius 2 is 1.20 bits per heavy atom. The third kappa shape index (κ3) is 8.52. The summed E-state index contributed by atoms with van der Waals surface area (Å²) in [6.07, 6.45) is -0.519. The van der Waals surface area contributed by atoms with Crippen LogP contribution in [-0.2, 0) is 34.0 Å². The monoisotopic (exact) mass is 576 g/mol. The van der Waals surface area contributed by atoms with Gasteiger partial charge in [0.25, 0.3) is 0 Å². The van der Waals surface area contributed by atoms with Crippen molar-refractivity contribution in [1.82, 2.24) is 4.90 Å². The van der Waals surface area contributed by atoms with Gasteiger partial charge in [-0.15, -0.1) is 11.8 Å². The van der Waals surface area contributed by atoms with Crippen molar-refractivity contribution in [3.8, 4) is 17.2 Å². The number of thioether (sulfide) groups is 1. The highest BCUT2D eigenvalue weighted by atomic mass is 32.2. The molecule has 1 aliphatic rings. The Morgan fingerprint density at radius 1 is 0.707 bits per heavy atom. The van der Waals surface area contributed by atoms with Gasteiger partial charge < -0.3 is 23.7 Å². The van der Waals surface area contributed by atoms with E-state index in [4.69, 9.17) is 23.7 Å². The van der Waals surface area contributed by atoms with E-state index in [9.17, 15) is 9.59 Å². The molecule has 214 valence electrons. The first kappa shape index (κ1) is 29.5. The molecule has 1 aliphatic heterocycles. The normalized spacial score (nSPS) is 12.5. The summed E-state index contributed by atoms with van der Waals surface area (Å²) in [5.74, 6) is 2.06. The van der Waals surface area contributed by atoms with Crippen LogP contribution in [0, 0.1) is 0 Å². The maximum absolute atomic E-state index is 13.3. The molecule has 9 nitrogen and oxygen atoms in total. The lowest BCUT2D eigenvalue weighted by Gasteiger charge is -2.23. The first-order valence-corrected chi connectivity index (χ1v) is 13.9. The molecule has 0 fully saturated rings. The molecule has 0 N–H and O–H groups in total. The standard InChI is InChI=1S/C31H32N2O7S/c1-36-26-10-4-22(5-11-26)16-33(17-23-6-12-27(37-2)13-7-23)31(35)40-19-25-20-41-21-32-29(25)30(34)39-18-24-8-14-28(38-3)15-9-24/h4-15,21H,16-20H2,1-3H3. The molecule has 41 heavy (non-hydrogen) atoms. The zero-order valence-electron chi connectivity index (χ0n) is 23.2. The Hall–Kier alpha value is -4.44. The van der Waals surface area contributed by atoms with Gasteiger partial charge in [-0.25, -0.2) is 14.6 Å². The number of nitrogens with zero attached hydrogens (tertiary/aromatic N) is 2. The molecule has 0 bridgehead atoms. The minimum atomic E-state index is -0.572. The average Bonchev–Trinajstić information content (AvgIpc) is 3.03. The number of hydrogen-bond donors (Lipinski definition) is 0. The van der Waals surface area contributed by atoms with Crippen LogP contribution >= 0.6 is 11.8 Å². The minimum absolute atomic E-state index is 0.0829. The first-order valence-electron chi connectivity index (χ1n) is 12.8. The second-order valence-corrected chi connectivity index (χ2v) is 9.86. The molecule has 10 heteroatoms. The third-order valence-electron chi connectivity index (χ3n) is 6.26. The summed E-state index contributed by atoms with van der Waals surface area (Å²) < 4.78 is 26.9. The van der Waals surface area contributed by atoms with Crippen LogP contribution in [-0.4, -0.2) is 56.2 Å². The van der Waals surface area contributed by atoms with Crippen molar-refractivity contribution in [3.05, 3.63) is 101 Å². The number of ether oxygens (including phenoxy) is 5. The Morgan fingerprint density at radius 3 is 1.68 bits per heavy atom. The molecule has 0 saturated carbocycles. The Balaban J connectivity index is 1.44. The zero-order chi connectivity index (χ0) is 29.0. The van der Waals surface area contributed by atoms with Gasteiger partial charge in [-0.1, -0.05) is 36.4 Å². The van der Waals surface area contributed by atoms with Crippen molar-refractivity contribution in [1.29, 1.82) is 0 Å². The lowest BCUT2D eigenvalue weighted by molar-refractivity contribution is -0.140. The topological polar surface area (TPSA) is 95.9 Å². The molecule has 0 radical (unpaired) electrons. The predicted octanol–water partition coefficient (Wildman–Crippen LogP) is 5.62. The van der Waals surface area contributed by atoms with Crippen LogP contribution < -0.4 is 14.2 Å². The van der Waals surface area contributed by atoms with Gasteiger partial charge in [0.2, 0.25) is 0 Å². The second kappa shape index (κ2) is 14.8. The minimum Gasteiger partial charge on any atom is -0.497 e. The molecular formula is C31H32N2O7S. The van der Waals surface area contributed by atoms with Gasteiger partial charge in [0.15, 0.2) is 5.70 Å². The lowest BCUT2D eigenvalue weighted by Crippen LogP contribution is -2.31. The number of esters is 1. The van der Waals surface area contributed by atoms with Crippen LogP contribution in [0.2, 0.25) is 0 Å². The second-order valence-electron chi connectivity index (χ2n) is 9.03. The highest BCUT2D eigenvalue weighted by Gasteiger charge is 2.23. The fraction of sp³-hybridized carbons (Fsp3) is 0.258. The van der Waals surface area contributed by atoms with E-state index in [1.165, 1.54) is 11.8 Å². The fourth-order valence-corrected chi connectivity index (χ4v) is 4.64. The fourth-order valence-electron chi connectivity index (χ4n) is 3.96. The molecule has 0 unspecified atom stereocenters. The van der Waals surface area contributed by atoms with E-state index in [0.717, 1.165) is 28.2 Å². The number of carbonyl (C=O) groups excluding carboxylic acids is 2. The van der Waals surface area contributed by atoms with Crippen LogP contribution in [0.1, 0.15) is 16.7 Å². The molecule has 3 aromatic rings. The highest BCUT2D eigenvalue weighted by molar-refractivity contribution is 8.12. The summed E-state index contributed by atoms with van der Waals surface area (Å²) in [5, 5.41) is 0. The molecule has 4 rings (SSSR count). The highest BCUT2D eigenvalue weighted by Crippen LogP contribution is 2.22. The van der Waals surface area contributed by atoms with Crippen molar-refractivity contribution in [2.24, 2.45) is 4.99 Å². The van der Waals surface area contributed by atoms with Crippen LogP contribution in [0.15, 0.2) is 89.1 Å². The lowest BCUT2D eigenvalue weighted by atomic mass is 10.1. The van der Waals surface area contributed by atoms with E-state index in [1.807, 2.05) is 60.7 Å². The number of hydrogen-bond acceptors (Lipinski definition) is 9. The Labute approximate surface area is 243 Å². The van der Waals surface area contributed by atoms with Gasteiger partial charge in [-0.3, -0.25) is 4.90 Å². The smallest absolute Gasteiger partial charge is 0.410 e. The number of amides is 1. The van der Waals surface area contributed by atoms with Gasteiger partial charge in [-0.2, -0.15) is 0 Å². The SMILES string of the molecule is COc1ccc(COC(=O)C2=C(COC(=O)N(Cc3ccc(OC)cc3)Cc3ccc(OC)cc3)CSC=N2)cc1. The Kier molecular flexibility index (Phi) is 10.7. The van der Waals surface area contributed by atoms with Crippen molar-refractivity contribution in [2.45, 2.75) is 19.7 Å². The number of rotatable bonds is 12. The maximum atomic E-state index is 13.3. The number of carbonyl (C=O) groups is 2. The summed E-state index contributed by atoms with van der Waals surface area (Å²) in [7, 11) is 4.80. The van der Waals surface area contributed by atoms with E-state index in [1.54, 1.807) is 43.9 Å². The summed E-state index contributed by atoms with van der Waals surface area (Å²) in [5.41, 5.74) is 4.97. The molecule has 0 spiro atoms. The molecule has 3 aromatic carbocycles. The summed E-state index contributed by atoms with van der Waals surface area (Å²) in [6.45, 7) is 0.632. The van der Waals surface area contributed by atoms with E-state index in [-0.39, 0.29) is 18.9 Å². The number of aliphatic imine (C=N–C) groups is 1. The van der Waals surface area contributed by atoms with Gasteiger partial charge in [-0.05, 0) is 53.1 Å². The molecule has 0 atom stereocenters. The molecule has 0 saturated heterocycles. The van der Waals surface area contributed by atoms with E-state index < -0.39 is 12.1 Å². The first-order chi connectivity index (χ1) is 20.0. The van der Waals surface area contributed by atoms with Crippen molar-refractivity contribution in [3.63, 3.8) is 0 Å². The summed E-state index contributed by atoms with van der Waals surface area (Å²) in [6, 6.07) is 22.2. The Bertz CT molecular complexity index is 1320. The van der Waals surface area contributed by atoms with Crippen molar-refractivity contribution in [2.75, 3.05) is 33.7 Å². The third-order valence-corrected chi connectivity index (χ3v) is 7.03. The van der Waals surface area contributed by atoms with Gasteiger partial charge in [0.05, 0.1) is 26.9 Å². The predicted molar refractivity (Wildman–Crippen MR) is 157 cm³/mol.